The van der Waals surface area contributed by atoms with E-state index >= 15 is 0 Å². The largest absolute Gasteiger partial charge is 0.338 e. The summed E-state index contributed by atoms with van der Waals surface area (Å²) in [5.41, 5.74) is 0.190. The number of nitrogens with one attached hydrogen (secondary N) is 3. The average molecular weight is 243 g/mol. The minimum absolute atomic E-state index is 0.0724. The van der Waals surface area contributed by atoms with Crippen molar-refractivity contribution in [2.24, 2.45) is 5.41 Å². The van der Waals surface area contributed by atoms with Gasteiger partial charge in [0.2, 0.25) is 0 Å². The fraction of sp³-hybridized carbons (Fsp3) is 0.923. The molecule has 102 valence electrons. The van der Waals surface area contributed by atoms with Gasteiger partial charge in [-0.2, -0.15) is 0 Å². The summed E-state index contributed by atoms with van der Waals surface area (Å²) in [5, 5.41) is 9.13. The van der Waals surface area contributed by atoms with Crippen molar-refractivity contribution in [3.8, 4) is 0 Å². The first kappa shape index (κ1) is 16.2. The van der Waals surface area contributed by atoms with Crippen molar-refractivity contribution in [2.75, 3.05) is 13.1 Å². The Labute approximate surface area is 106 Å². The molecule has 17 heavy (non-hydrogen) atoms. The van der Waals surface area contributed by atoms with Crippen LogP contribution in [-0.4, -0.2) is 30.7 Å². The molecule has 3 N–H and O–H groups in total. The molecule has 4 nitrogen and oxygen atoms in total. The van der Waals surface area contributed by atoms with Crippen LogP contribution in [0.4, 0.5) is 4.79 Å². The van der Waals surface area contributed by atoms with E-state index in [1.54, 1.807) is 0 Å². The second-order valence-electron chi connectivity index (χ2n) is 6.92. The maximum atomic E-state index is 11.5. The summed E-state index contributed by atoms with van der Waals surface area (Å²) in [7, 11) is 0. The quantitative estimate of drug-likeness (QED) is 0.708. The molecule has 4 heteroatoms. The molecule has 1 atom stereocenters. The van der Waals surface area contributed by atoms with Gasteiger partial charge >= 0.3 is 6.03 Å². The van der Waals surface area contributed by atoms with Crippen molar-refractivity contribution >= 4 is 6.03 Å². The minimum atomic E-state index is -0.0949. The van der Waals surface area contributed by atoms with E-state index in [-0.39, 0.29) is 23.0 Å². The Morgan fingerprint density at radius 1 is 1.06 bits per heavy atom. The summed E-state index contributed by atoms with van der Waals surface area (Å²) in [4.78, 5) is 11.5. The van der Waals surface area contributed by atoms with Crippen LogP contribution in [0, 0.1) is 5.41 Å². The van der Waals surface area contributed by atoms with Crippen LogP contribution in [-0.2, 0) is 0 Å². The van der Waals surface area contributed by atoms with Gasteiger partial charge in [-0.3, -0.25) is 0 Å². The first-order valence-electron chi connectivity index (χ1n) is 6.29. The maximum absolute atomic E-state index is 11.5. The van der Waals surface area contributed by atoms with Crippen LogP contribution in [0.3, 0.4) is 0 Å². The average Bonchev–Trinajstić information content (AvgIpc) is 2.07. The lowest BCUT2D eigenvalue weighted by atomic mass is 9.97. The molecular formula is C13H29N3O. The molecule has 0 aromatic heterocycles. The van der Waals surface area contributed by atoms with E-state index < -0.39 is 0 Å². The summed E-state index contributed by atoms with van der Waals surface area (Å²) in [6.45, 7) is 16.0. The third-order valence-electron chi connectivity index (χ3n) is 2.03. The Balaban J connectivity index is 3.78. The highest BCUT2D eigenvalue weighted by Gasteiger charge is 2.15. The van der Waals surface area contributed by atoms with Crippen molar-refractivity contribution in [3.63, 3.8) is 0 Å². The number of hydrogen-bond donors (Lipinski definition) is 3. The zero-order valence-corrected chi connectivity index (χ0v) is 12.4. The van der Waals surface area contributed by atoms with Crippen molar-refractivity contribution in [1.29, 1.82) is 0 Å². The Kier molecular flexibility index (Phi) is 5.96. The highest BCUT2D eigenvalue weighted by atomic mass is 16.2. The number of carbonyl (C=O) groups excluding carboxylic acids is 1. The van der Waals surface area contributed by atoms with Crippen molar-refractivity contribution in [3.05, 3.63) is 0 Å². The highest BCUT2D eigenvalue weighted by Crippen LogP contribution is 2.09. The number of urea groups is 1. The zero-order valence-electron chi connectivity index (χ0n) is 12.4. The SMILES string of the molecule is CC(CNC(=O)NCC(C)(C)C)NC(C)(C)C. The van der Waals surface area contributed by atoms with E-state index in [1.807, 2.05) is 0 Å². The molecular weight excluding hydrogens is 214 g/mol. The number of rotatable bonds is 4. The van der Waals surface area contributed by atoms with E-state index in [4.69, 9.17) is 0 Å². The molecule has 0 aliphatic carbocycles. The molecule has 0 spiro atoms. The highest BCUT2D eigenvalue weighted by molar-refractivity contribution is 5.73. The van der Waals surface area contributed by atoms with Crippen molar-refractivity contribution < 1.29 is 4.79 Å². The summed E-state index contributed by atoms with van der Waals surface area (Å²) in [6.07, 6.45) is 0. The van der Waals surface area contributed by atoms with Gasteiger partial charge < -0.3 is 16.0 Å². The van der Waals surface area contributed by atoms with Crippen LogP contribution in [0.25, 0.3) is 0 Å². The topological polar surface area (TPSA) is 53.2 Å². The molecule has 0 aromatic rings. The fourth-order valence-electron chi connectivity index (χ4n) is 1.44. The second kappa shape index (κ2) is 6.24. The predicted molar refractivity (Wildman–Crippen MR) is 73.2 cm³/mol. The van der Waals surface area contributed by atoms with Gasteiger partial charge in [0.15, 0.2) is 0 Å². The molecule has 0 saturated heterocycles. The fourth-order valence-corrected chi connectivity index (χ4v) is 1.44. The Morgan fingerprint density at radius 3 is 2.00 bits per heavy atom. The van der Waals surface area contributed by atoms with Gasteiger partial charge in [-0.15, -0.1) is 0 Å². The summed E-state index contributed by atoms with van der Waals surface area (Å²) in [5.74, 6) is 0. The lowest BCUT2D eigenvalue weighted by Gasteiger charge is -2.26. The van der Waals surface area contributed by atoms with Gasteiger partial charge in [-0.25, -0.2) is 4.79 Å². The molecule has 2 amide bonds. The normalized spacial score (nSPS) is 14.3. The van der Waals surface area contributed by atoms with E-state index in [1.165, 1.54) is 0 Å². The summed E-state index contributed by atoms with van der Waals surface area (Å²) in [6, 6.07) is 0.165. The van der Waals surface area contributed by atoms with Crippen LogP contribution < -0.4 is 16.0 Å². The molecule has 0 fully saturated rings. The van der Waals surface area contributed by atoms with Crippen LogP contribution in [0.1, 0.15) is 48.5 Å². The monoisotopic (exact) mass is 243 g/mol. The second-order valence-corrected chi connectivity index (χ2v) is 6.92. The van der Waals surface area contributed by atoms with Gasteiger partial charge in [-0.1, -0.05) is 20.8 Å². The van der Waals surface area contributed by atoms with Crippen molar-refractivity contribution in [2.45, 2.75) is 60.0 Å². The molecule has 1 unspecified atom stereocenters. The third-order valence-corrected chi connectivity index (χ3v) is 2.03. The van der Waals surface area contributed by atoms with Crippen LogP contribution in [0.15, 0.2) is 0 Å². The van der Waals surface area contributed by atoms with Gasteiger partial charge in [0, 0.05) is 24.7 Å². The van der Waals surface area contributed by atoms with Gasteiger partial charge in [0.25, 0.3) is 0 Å². The van der Waals surface area contributed by atoms with Gasteiger partial charge in [0.05, 0.1) is 0 Å². The molecule has 0 rings (SSSR count). The Morgan fingerprint density at radius 2 is 1.59 bits per heavy atom. The predicted octanol–water partition coefficient (Wildman–Crippen LogP) is 2.11. The molecule has 0 aliphatic rings. The minimum Gasteiger partial charge on any atom is -0.338 e. The maximum Gasteiger partial charge on any atom is 0.314 e. The number of hydrogen-bond acceptors (Lipinski definition) is 2. The molecule has 0 heterocycles. The summed E-state index contributed by atoms with van der Waals surface area (Å²) < 4.78 is 0. The zero-order chi connectivity index (χ0) is 13.7. The first-order valence-corrected chi connectivity index (χ1v) is 6.29. The van der Waals surface area contributed by atoms with Gasteiger partial charge in [-0.05, 0) is 33.1 Å². The molecule has 0 aliphatic heterocycles. The first-order chi connectivity index (χ1) is 7.49. The molecule has 0 aromatic carbocycles. The molecule has 0 saturated carbocycles. The van der Waals surface area contributed by atoms with Crippen LogP contribution in [0.5, 0.6) is 0 Å². The van der Waals surface area contributed by atoms with Gasteiger partial charge in [0.1, 0.15) is 0 Å². The van der Waals surface area contributed by atoms with Crippen LogP contribution >= 0.6 is 0 Å². The smallest absolute Gasteiger partial charge is 0.314 e. The lowest BCUT2D eigenvalue weighted by Crippen LogP contribution is -2.49. The van der Waals surface area contributed by atoms with E-state index in [0.29, 0.717) is 13.1 Å². The summed E-state index contributed by atoms with van der Waals surface area (Å²) >= 11 is 0. The molecule has 0 radical (unpaired) electrons. The van der Waals surface area contributed by atoms with Crippen molar-refractivity contribution in [1.82, 2.24) is 16.0 Å². The number of carbonyl (C=O) groups is 1. The van der Waals surface area contributed by atoms with E-state index in [9.17, 15) is 4.79 Å². The number of amides is 2. The lowest BCUT2D eigenvalue weighted by molar-refractivity contribution is 0.233. The molecule has 0 bridgehead atoms. The Hall–Kier alpha value is -0.770. The standard InChI is InChI=1S/C13H29N3O/c1-10(16-13(5,6)7)8-14-11(17)15-9-12(2,3)4/h10,16H,8-9H2,1-7H3,(H2,14,15,17). The third kappa shape index (κ3) is 11.5. The van der Waals surface area contributed by atoms with E-state index in [2.05, 4.69) is 64.4 Å². The Bertz CT molecular complexity index is 238. The van der Waals surface area contributed by atoms with E-state index in [0.717, 1.165) is 0 Å². The van der Waals surface area contributed by atoms with Crippen LogP contribution in [0.2, 0.25) is 0 Å².